The SMILES string of the molecule is Cc1nc2nc(C)n(Cc3ccc(-c4ccccc4C(=O)O)cc3)c2cc1N1CCCN(Cc2ccccc2)C1=O. The molecule has 2 aromatic heterocycles. The quantitative estimate of drug-likeness (QED) is 0.259. The molecule has 1 N–H and O–H groups in total. The molecule has 8 nitrogen and oxygen atoms in total. The summed E-state index contributed by atoms with van der Waals surface area (Å²) in [6.45, 7) is 6.41. The summed E-state index contributed by atoms with van der Waals surface area (Å²) in [5, 5.41) is 9.57. The van der Waals surface area contributed by atoms with E-state index in [-0.39, 0.29) is 11.6 Å². The van der Waals surface area contributed by atoms with Crippen molar-refractivity contribution in [1.29, 1.82) is 0 Å². The summed E-state index contributed by atoms with van der Waals surface area (Å²) >= 11 is 0. The molecule has 41 heavy (non-hydrogen) atoms. The number of urea groups is 1. The Balaban J connectivity index is 1.28. The number of fused-ring (bicyclic) bond motifs is 1. The van der Waals surface area contributed by atoms with Crippen LogP contribution < -0.4 is 4.90 Å². The molecule has 0 bridgehead atoms. The van der Waals surface area contributed by atoms with E-state index in [0.717, 1.165) is 52.4 Å². The molecule has 3 aromatic carbocycles. The van der Waals surface area contributed by atoms with Crippen molar-refractivity contribution in [2.45, 2.75) is 33.4 Å². The van der Waals surface area contributed by atoms with Gasteiger partial charge in [-0.15, -0.1) is 0 Å². The standard InChI is InChI=1S/C33H31N5O3/c1-22-29(37-18-8-17-36(33(37)41)20-24-9-4-3-5-10-24)19-30-31(34-22)35-23(2)38(30)21-25-13-15-26(16-14-25)27-11-6-7-12-28(27)32(39)40/h3-7,9-16,19H,8,17-18,20-21H2,1-2H3,(H,39,40). The Morgan fingerprint density at radius 1 is 0.854 bits per heavy atom. The second-order valence-electron chi connectivity index (χ2n) is 10.4. The smallest absolute Gasteiger partial charge is 0.336 e. The molecule has 0 saturated carbocycles. The maximum Gasteiger partial charge on any atom is 0.336 e. The number of carboxylic acid groups (broad SMARTS) is 1. The first-order chi connectivity index (χ1) is 19.9. The van der Waals surface area contributed by atoms with E-state index in [1.807, 2.05) is 96.4 Å². The fraction of sp³-hybridized carbons (Fsp3) is 0.212. The van der Waals surface area contributed by atoms with E-state index in [1.165, 1.54) is 0 Å². The second-order valence-corrected chi connectivity index (χ2v) is 10.4. The minimum absolute atomic E-state index is 0.00984. The topological polar surface area (TPSA) is 91.6 Å². The molecule has 0 atom stereocenters. The van der Waals surface area contributed by atoms with E-state index in [0.29, 0.717) is 30.8 Å². The number of benzene rings is 3. The Morgan fingerprint density at radius 3 is 2.32 bits per heavy atom. The highest BCUT2D eigenvalue weighted by Crippen LogP contribution is 2.29. The molecule has 6 rings (SSSR count). The van der Waals surface area contributed by atoms with Crippen LogP contribution in [-0.2, 0) is 13.1 Å². The lowest BCUT2D eigenvalue weighted by Crippen LogP contribution is -2.49. The third-order valence-electron chi connectivity index (χ3n) is 7.68. The maximum absolute atomic E-state index is 13.6. The first-order valence-corrected chi connectivity index (χ1v) is 13.8. The second kappa shape index (κ2) is 10.9. The van der Waals surface area contributed by atoms with E-state index in [2.05, 4.69) is 4.57 Å². The molecule has 1 saturated heterocycles. The normalized spacial score (nSPS) is 13.7. The van der Waals surface area contributed by atoms with Gasteiger partial charge in [0, 0.05) is 26.2 Å². The summed E-state index contributed by atoms with van der Waals surface area (Å²) < 4.78 is 2.11. The molecule has 5 aromatic rings. The number of pyridine rings is 1. The zero-order chi connectivity index (χ0) is 28.5. The zero-order valence-corrected chi connectivity index (χ0v) is 23.1. The van der Waals surface area contributed by atoms with Gasteiger partial charge in [0.1, 0.15) is 5.82 Å². The average Bonchev–Trinajstić information content (AvgIpc) is 3.28. The van der Waals surface area contributed by atoms with Crippen LogP contribution in [0, 0.1) is 13.8 Å². The van der Waals surface area contributed by atoms with Gasteiger partial charge in [-0.25, -0.2) is 19.6 Å². The van der Waals surface area contributed by atoms with Gasteiger partial charge in [0.25, 0.3) is 0 Å². The summed E-state index contributed by atoms with van der Waals surface area (Å²) in [6, 6.07) is 27.0. The molecule has 206 valence electrons. The number of carboxylic acids is 1. The van der Waals surface area contributed by atoms with Crippen LogP contribution in [0.5, 0.6) is 0 Å². The van der Waals surface area contributed by atoms with Gasteiger partial charge in [0.2, 0.25) is 0 Å². The van der Waals surface area contributed by atoms with Crippen molar-refractivity contribution < 1.29 is 14.7 Å². The van der Waals surface area contributed by atoms with Crippen LogP contribution in [0.4, 0.5) is 10.5 Å². The van der Waals surface area contributed by atoms with Gasteiger partial charge < -0.3 is 14.6 Å². The van der Waals surface area contributed by atoms with Gasteiger partial charge in [-0.1, -0.05) is 72.8 Å². The molecule has 0 spiro atoms. The lowest BCUT2D eigenvalue weighted by Gasteiger charge is -2.36. The highest BCUT2D eigenvalue weighted by molar-refractivity contribution is 5.96. The largest absolute Gasteiger partial charge is 0.478 e. The number of aryl methyl sites for hydroxylation is 2. The molecule has 3 heterocycles. The van der Waals surface area contributed by atoms with Crippen molar-refractivity contribution >= 4 is 28.9 Å². The number of carbonyl (C=O) groups excluding carboxylic acids is 1. The van der Waals surface area contributed by atoms with E-state index in [1.54, 1.807) is 12.1 Å². The number of imidazole rings is 1. The lowest BCUT2D eigenvalue weighted by molar-refractivity contribution is 0.0697. The summed E-state index contributed by atoms with van der Waals surface area (Å²) in [5.41, 5.74) is 7.08. The molecule has 1 fully saturated rings. The average molecular weight is 546 g/mol. The third-order valence-corrected chi connectivity index (χ3v) is 7.68. The summed E-state index contributed by atoms with van der Waals surface area (Å²) in [4.78, 5) is 38.5. The van der Waals surface area contributed by atoms with E-state index >= 15 is 0 Å². The molecule has 1 aliphatic rings. The number of rotatable bonds is 7. The van der Waals surface area contributed by atoms with Crippen LogP contribution >= 0.6 is 0 Å². The highest BCUT2D eigenvalue weighted by atomic mass is 16.4. The molecule has 1 aliphatic heterocycles. The van der Waals surface area contributed by atoms with E-state index < -0.39 is 5.97 Å². The summed E-state index contributed by atoms with van der Waals surface area (Å²) in [5.74, 6) is -0.112. The highest BCUT2D eigenvalue weighted by Gasteiger charge is 2.29. The van der Waals surface area contributed by atoms with Crippen LogP contribution in [0.2, 0.25) is 0 Å². The van der Waals surface area contributed by atoms with Gasteiger partial charge >= 0.3 is 12.0 Å². The Morgan fingerprint density at radius 2 is 1.56 bits per heavy atom. The van der Waals surface area contributed by atoms with E-state index in [4.69, 9.17) is 9.97 Å². The predicted octanol–water partition coefficient (Wildman–Crippen LogP) is 6.29. The molecular weight excluding hydrogens is 514 g/mol. The Bertz CT molecular complexity index is 1740. The van der Waals surface area contributed by atoms with Gasteiger partial charge in [0.15, 0.2) is 5.65 Å². The van der Waals surface area contributed by atoms with Crippen LogP contribution in [0.1, 0.15) is 39.4 Å². The maximum atomic E-state index is 13.6. The molecular formula is C33H31N5O3. The molecule has 8 heteroatoms. The fourth-order valence-corrected chi connectivity index (χ4v) is 5.56. The van der Waals surface area contributed by atoms with Crippen LogP contribution in [-0.4, -0.2) is 49.6 Å². The third kappa shape index (κ3) is 5.16. The zero-order valence-electron chi connectivity index (χ0n) is 23.1. The van der Waals surface area contributed by atoms with Crippen LogP contribution in [0.15, 0.2) is 84.9 Å². The molecule has 2 amide bonds. The first kappa shape index (κ1) is 26.3. The van der Waals surface area contributed by atoms with Crippen molar-refractivity contribution in [2.75, 3.05) is 18.0 Å². The number of nitrogens with zero attached hydrogens (tertiary/aromatic N) is 5. The van der Waals surface area contributed by atoms with E-state index in [9.17, 15) is 14.7 Å². The number of amides is 2. The number of aromatic carboxylic acids is 1. The number of hydrogen-bond acceptors (Lipinski definition) is 4. The minimum Gasteiger partial charge on any atom is -0.478 e. The van der Waals surface area contributed by atoms with Crippen molar-refractivity contribution in [3.8, 4) is 11.1 Å². The Labute approximate surface area is 238 Å². The fourth-order valence-electron chi connectivity index (χ4n) is 5.56. The predicted molar refractivity (Wildman–Crippen MR) is 159 cm³/mol. The van der Waals surface area contributed by atoms with Crippen LogP contribution in [0.3, 0.4) is 0 Å². The summed E-state index contributed by atoms with van der Waals surface area (Å²) in [7, 11) is 0. The monoisotopic (exact) mass is 545 g/mol. The first-order valence-electron chi connectivity index (χ1n) is 13.8. The number of carbonyl (C=O) groups is 2. The summed E-state index contributed by atoms with van der Waals surface area (Å²) in [6.07, 6.45) is 0.881. The molecule has 0 unspecified atom stereocenters. The Hall–Kier alpha value is -4.98. The number of anilines is 1. The number of aromatic nitrogens is 3. The van der Waals surface area contributed by atoms with Gasteiger partial charge in [0.05, 0.1) is 22.5 Å². The molecule has 0 aliphatic carbocycles. The van der Waals surface area contributed by atoms with Crippen molar-refractivity contribution in [2.24, 2.45) is 0 Å². The van der Waals surface area contributed by atoms with Crippen LogP contribution in [0.25, 0.3) is 22.3 Å². The number of hydrogen-bond donors (Lipinski definition) is 1. The van der Waals surface area contributed by atoms with Crippen molar-refractivity contribution in [3.05, 3.63) is 113 Å². The Kier molecular flexibility index (Phi) is 6.97. The van der Waals surface area contributed by atoms with Crippen molar-refractivity contribution in [3.63, 3.8) is 0 Å². The minimum atomic E-state index is -0.945. The van der Waals surface area contributed by atoms with Gasteiger partial charge in [-0.05, 0) is 54.7 Å². The van der Waals surface area contributed by atoms with Crippen molar-refractivity contribution in [1.82, 2.24) is 19.4 Å². The van der Waals surface area contributed by atoms with Gasteiger partial charge in [-0.2, -0.15) is 0 Å². The lowest BCUT2D eigenvalue weighted by atomic mass is 9.99. The molecule has 0 radical (unpaired) electrons. The van der Waals surface area contributed by atoms with Gasteiger partial charge in [-0.3, -0.25) is 4.90 Å².